The van der Waals surface area contributed by atoms with Crippen molar-refractivity contribution >= 4 is 34.1 Å². The number of aromatic nitrogens is 2. The van der Waals surface area contributed by atoms with Gasteiger partial charge in [-0.1, -0.05) is 35.9 Å². The van der Waals surface area contributed by atoms with Crippen molar-refractivity contribution in [2.45, 2.75) is 6.42 Å². The largest absolute Gasteiger partial charge is 0.369 e. The highest BCUT2D eigenvalue weighted by Gasteiger charge is 2.18. The molecule has 1 N–H and O–H groups in total. The number of rotatable bonds is 7. The van der Waals surface area contributed by atoms with Crippen molar-refractivity contribution in [2.24, 2.45) is 0 Å². The molecule has 1 fully saturated rings. The van der Waals surface area contributed by atoms with E-state index >= 15 is 0 Å². The van der Waals surface area contributed by atoms with Crippen LogP contribution in [0.2, 0.25) is 5.02 Å². The van der Waals surface area contributed by atoms with Gasteiger partial charge in [-0.05, 0) is 55.4 Å². The van der Waals surface area contributed by atoms with Crippen LogP contribution in [0.1, 0.15) is 16.8 Å². The number of nitrogens with one attached hydrogen (secondary N) is 1. The fraction of sp³-hybridized carbons (Fsp3) is 0.250. The second kappa shape index (κ2) is 10.8. The molecule has 1 aliphatic heterocycles. The van der Waals surface area contributed by atoms with Crippen LogP contribution in [0.15, 0.2) is 79.1 Å². The summed E-state index contributed by atoms with van der Waals surface area (Å²) in [5, 5.41) is 4.75. The number of nitrogens with zero attached hydrogens (tertiary/aromatic N) is 4. The van der Waals surface area contributed by atoms with Gasteiger partial charge in [0.05, 0.1) is 16.8 Å². The minimum absolute atomic E-state index is 0.0699. The van der Waals surface area contributed by atoms with Crippen molar-refractivity contribution in [2.75, 3.05) is 44.2 Å². The lowest BCUT2D eigenvalue weighted by Crippen LogP contribution is -2.47. The number of fused-ring (bicyclic) bond motifs is 1. The van der Waals surface area contributed by atoms with Crippen LogP contribution >= 0.6 is 11.6 Å². The Morgan fingerprint density at radius 1 is 0.971 bits per heavy atom. The lowest BCUT2D eigenvalue weighted by Gasteiger charge is -2.36. The predicted molar refractivity (Wildman–Crippen MR) is 142 cm³/mol. The van der Waals surface area contributed by atoms with Crippen LogP contribution in [0.5, 0.6) is 0 Å². The molecule has 35 heavy (non-hydrogen) atoms. The average Bonchev–Trinajstić information content (AvgIpc) is 2.91. The van der Waals surface area contributed by atoms with E-state index in [0.717, 1.165) is 66.3 Å². The van der Waals surface area contributed by atoms with E-state index in [-0.39, 0.29) is 5.91 Å². The number of hydrogen-bond acceptors (Lipinski definition) is 5. The van der Waals surface area contributed by atoms with Crippen LogP contribution in [0.4, 0.5) is 5.69 Å². The van der Waals surface area contributed by atoms with E-state index in [1.165, 1.54) is 5.69 Å². The fourth-order valence-corrected chi connectivity index (χ4v) is 4.71. The van der Waals surface area contributed by atoms with E-state index in [2.05, 4.69) is 26.2 Å². The number of carbonyl (C=O) groups excluding carboxylic acids is 1. The molecule has 6 nitrogen and oxygen atoms in total. The van der Waals surface area contributed by atoms with Crippen LogP contribution in [-0.4, -0.2) is 60.0 Å². The van der Waals surface area contributed by atoms with Crippen molar-refractivity contribution in [3.63, 3.8) is 0 Å². The lowest BCUT2D eigenvalue weighted by molar-refractivity contribution is 0.0953. The first-order chi connectivity index (χ1) is 17.2. The van der Waals surface area contributed by atoms with E-state index in [1.807, 2.05) is 60.7 Å². The number of halogens is 1. The topological polar surface area (TPSA) is 61.4 Å². The molecule has 0 aliphatic carbocycles. The summed E-state index contributed by atoms with van der Waals surface area (Å²) < 4.78 is 0. The van der Waals surface area contributed by atoms with Gasteiger partial charge in [-0.25, -0.2) is 4.98 Å². The minimum atomic E-state index is -0.0699. The predicted octanol–water partition coefficient (Wildman–Crippen LogP) is 4.89. The molecule has 2 aromatic heterocycles. The highest BCUT2D eigenvalue weighted by Crippen LogP contribution is 2.24. The molecule has 4 aromatic rings. The lowest BCUT2D eigenvalue weighted by atomic mass is 10.0. The number of benzene rings is 2. The number of carbonyl (C=O) groups is 1. The van der Waals surface area contributed by atoms with Crippen LogP contribution in [0, 0.1) is 0 Å². The standard InChI is InChI=1S/C28H28ClN5O/c29-22-7-3-8-23(18-22)34-16-14-33(15-17-34)13-5-12-31-28(35)25-19-27(21-6-4-11-30-20-21)32-26-10-2-1-9-24(25)26/h1-4,6-11,18-20H,5,12-17H2,(H,31,35). The Hall–Kier alpha value is -3.48. The highest BCUT2D eigenvalue weighted by molar-refractivity contribution is 6.30. The number of hydrogen-bond donors (Lipinski definition) is 1. The smallest absolute Gasteiger partial charge is 0.252 e. The number of pyridine rings is 2. The number of amides is 1. The van der Waals surface area contributed by atoms with Crippen LogP contribution in [-0.2, 0) is 0 Å². The molecular weight excluding hydrogens is 458 g/mol. The van der Waals surface area contributed by atoms with E-state index in [0.29, 0.717) is 12.1 Å². The number of anilines is 1. The average molecular weight is 486 g/mol. The first-order valence-corrected chi connectivity index (χ1v) is 12.4. The molecule has 0 unspecified atom stereocenters. The van der Waals surface area contributed by atoms with Gasteiger partial charge >= 0.3 is 0 Å². The minimum Gasteiger partial charge on any atom is -0.369 e. The third-order valence-corrected chi connectivity index (χ3v) is 6.64. The van der Waals surface area contributed by atoms with E-state index in [1.54, 1.807) is 12.4 Å². The van der Waals surface area contributed by atoms with Crippen molar-refractivity contribution in [1.29, 1.82) is 0 Å². The SMILES string of the molecule is O=C(NCCCN1CCN(c2cccc(Cl)c2)CC1)c1cc(-c2cccnc2)nc2ccccc12. The monoisotopic (exact) mass is 485 g/mol. The van der Waals surface area contributed by atoms with Gasteiger partial charge in [-0.15, -0.1) is 0 Å². The van der Waals surface area contributed by atoms with Gasteiger partial charge in [0.15, 0.2) is 0 Å². The Kier molecular flexibility index (Phi) is 7.21. The van der Waals surface area contributed by atoms with Crippen molar-refractivity contribution < 1.29 is 4.79 Å². The van der Waals surface area contributed by atoms with Gasteiger partial charge in [0, 0.05) is 66.8 Å². The summed E-state index contributed by atoms with van der Waals surface area (Å²) >= 11 is 6.14. The van der Waals surface area contributed by atoms with E-state index in [9.17, 15) is 4.79 Å². The molecule has 1 aliphatic rings. The summed E-state index contributed by atoms with van der Waals surface area (Å²) in [6, 6.07) is 21.5. The van der Waals surface area contributed by atoms with Crippen molar-refractivity contribution in [3.05, 3.63) is 89.7 Å². The third kappa shape index (κ3) is 5.61. The fourth-order valence-electron chi connectivity index (χ4n) is 4.53. The molecule has 1 amide bonds. The third-order valence-electron chi connectivity index (χ3n) is 6.40. The molecule has 5 rings (SSSR count). The zero-order chi connectivity index (χ0) is 24.0. The molecule has 0 atom stereocenters. The van der Waals surface area contributed by atoms with Crippen LogP contribution in [0.25, 0.3) is 22.2 Å². The maximum Gasteiger partial charge on any atom is 0.252 e. The Labute approximate surface area is 210 Å². The first kappa shape index (κ1) is 23.3. The highest BCUT2D eigenvalue weighted by atomic mass is 35.5. The molecule has 2 aromatic carbocycles. The van der Waals surface area contributed by atoms with Crippen LogP contribution < -0.4 is 10.2 Å². The summed E-state index contributed by atoms with van der Waals surface area (Å²) in [6.45, 7) is 5.56. The summed E-state index contributed by atoms with van der Waals surface area (Å²) in [5.74, 6) is -0.0699. The van der Waals surface area contributed by atoms with Gasteiger partial charge in [-0.2, -0.15) is 0 Å². The zero-order valence-electron chi connectivity index (χ0n) is 19.5. The molecule has 178 valence electrons. The van der Waals surface area contributed by atoms with Crippen molar-refractivity contribution in [1.82, 2.24) is 20.2 Å². The zero-order valence-corrected chi connectivity index (χ0v) is 20.3. The summed E-state index contributed by atoms with van der Waals surface area (Å²) in [6.07, 6.45) is 4.40. The molecule has 0 radical (unpaired) electrons. The Morgan fingerprint density at radius 2 is 1.83 bits per heavy atom. The maximum atomic E-state index is 13.1. The molecule has 7 heteroatoms. The quantitative estimate of drug-likeness (QED) is 0.377. The Morgan fingerprint density at radius 3 is 2.63 bits per heavy atom. The van der Waals surface area contributed by atoms with Gasteiger partial charge in [0.2, 0.25) is 0 Å². The second-order valence-corrected chi connectivity index (χ2v) is 9.17. The van der Waals surface area contributed by atoms with Crippen LogP contribution in [0.3, 0.4) is 0 Å². The Bertz CT molecular complexity index is 1310. The van der Waals surface area contributed by atoms with E-state index < -0.39 is 0 Å². The van der Waals surface area contributed by atoms with Gasteiger partial charge < -0.3 is 10.2 Å². The van der Waals surface area contributed by atoms with Gasteiger partial charge in [0.1, 0.15) is 0 Å². The first-order valence-electron chi connectivity index (χ1n) is 12.0. The number of piperazine rings is 1. The van der Waals surface area contributed by atoms with Gasteiger partial charge in [0.25, 0.3) is 5.91 Å². The van der Waals surface area contributed by atoms with Crippen molar-refractivity contribution in [3.8, 4) is 11.3 Å². The summed E-state index contributed by atoms with van der Waals surface area (Å²) in [7, 11) is 0. The summed E-state index contributed by atoms with van der Waals surface area (Å²) in [5.41, 5.74) is 4.27. The second-order valence-electron chi connectivity index (χ2n) is 8.73. The van der Waals surface area contributed by atoms with E-state index in [4.69, 9.17) is 16.6 Å². The molecular formula is C28H28ClN5O. The summed E-state index contributed by atoms with van der Waals surface area (Å²) in [4.78, 5) is 26.9. The molecule has 1 saturated heterocycles. The molecule has 0 spiro atoms. The molecule has 3 heterocycles. The van der Waals surface area contributed by atoms with Gasteiger partial charge in [-0.3, -0.25) is 14.7 Å². The normalized spacial score (nSPS) is 14.3. The number of para-hydroxylation sites is 1. The molecule has 0 saturated carbocycles. The molecule has 0 bridgehead atoms. The Balaban J connectivity index is 1.16. The maximum absolute atomic E-state index is 13.1.